The molecule has 0 fully saturated rings. The zero-order chi connectivity index (χ0) is 43.9. The summed E-state index contributed by atoms with van der Waals surface area (Å²) >= 11 is 0. The summed E-state index contributed by atoms with van der Waals surface area (Å²) in [5.41, 5.74) is 15.0. The van der Waals surface area contributed by atoms with E-state index in [9.17, 15) is 0 Å². The highest BCUT2D eigenvalue weighted by molar-refractivity contribution is 6.16. The smallest absolute Gasteiger partial charge is 0.136 e. The van der Waals surface area contributed by atoms with E-state index in [0.29, 0.717) is 0 Å². The van der Waals surface area contributed by atoms with Crippen LogP contribution in [0, 0.1) is 0 Å². The number of para-hydroxylation sites is 4. The molecule has 3 nitrogen and oxygen atoms in total. The molecule has 0 saturated carbocycles. The highest BCUT2D eigenvalue weighted by Gasteiger charge is 2.22. The van der Waals surface area contributed by atoms with Gasteiger partial charge in [0.05, 0.1) is 22.4 Å². The quantitative estimate of drug-likeness (QED) is 0.121. The summed E-state index contributed by atoms with van der Waals surface area (Å²) in [6.45, 7) is 13.3. The summed E-state index contributed by atoms with van der Waals surface area (Å²) in [6, 6.07) is 72.9. The normalized spacial score (nSPS) is 11.9. The molecule has 0 atom stereocenters. The first-order chi connectivity index (χ1) is 32.0. The zero-order valence-corrected chi connectivity index (χ0v) is 35.9. The van der Waals surface area contributed by atoms with Gasteiger partial charge in [-0.1, -0.05) is 184 Å². The van der Waals surface area contributed by atoms with Crippen molar-refractivity contribution in [3.8, 4) is 27.9 Å². The average Bonchev–Trinajstić information content (AvgIpc) is 3.90. The van der Waals surface area contributed by atoms with E-state index in [0.717, 1.165) is 89.0 Å². The van der Waals surface area contributed by atoms with Gasteiger partial charge < -0.3 is 13.9 Å². The number of furan rings is 1. The minimum absolute atomic E-state index is 0.779. The van der Waals surface area contributed by atoms with Crippen LogP contribution in [-0.4, -0.2) is 4.57 Å². The second-order valence-electron chi connectivity index (χ2n) is 16.3. The maximum atomic E-state index is 6.58. The first-order valence-corrected chi connectivity index (χ1v) is 21.9. The van der Waals surface area contributed by atoms with E-state index in [2.05, 4.69) is 229 Å². The second-order valence-corrected chi connectivity index (χ2v) is 16.3. The Labute approximate surface area is 378 Å². The van der Waals surface area contributed by atoms with Crippen LogP contribution >= 0.6 is 0 Å². The number of allylic oxidation sites excluding steroid dienone is 5. The van der Waals surface area contributed by atoms with E-state index in [1.54, 1.807) is 0 Å². The predicted octanol–water partition coefficient (Wildman–Crippen LogP) is 17.2. The van der Waals surface area contributed by atoms with Gasteiger partial charge in [0.2, 0.25) is 0 Å². The Morgan fingerprint density at radius 2 is 1.12 bits per heavy atom. The summed E-state index contributed by atoms with van der Waals surface area (Å²) in [5, 5.41) is 6.94. The molecule has 3 heteroatoms. The van der Waals surface area contributed by atoms with Crippen molar-refractivity contribution in [2.24, 2.45) is 0 Å². The van der Waals surface area contributed by atoms with E-state index in [1.165, 1.54) is 27.2 Å². The molecule has 0 spiro atoms. The van der Waals surface area contributed by atoms with Crippen molar-refractivity contribution >= 4 is 72.0 Å². The van der Waals surface area contributed by atoms with Gasteiger partial charge >= 0.3 is 0 Å². The van der Waals surface area contributed by atoms with Crippen molar-refractivity contribution < 1.29 is 4.42 Å². The third kappa shape index (κ3) is 7.06. The third-order valence-electron chi connectivity index (χ3n) is 12.4. The van der Waals surface area contributed by atoms with Crippen LogP contribution in [0.3, 0.4) is 0 Å². The molecule has 2 heterocycles. The lowest BCUT2D eigenvalue weighted by atomic mass is 9.95. The summed E-state index contributed by atoms with van der Waals surface area (Å²) in [6.07, 6.45) is 8.07. The SMILES string of the molecule is C=C/C(=C\C(=C)C(=C)/C=C\c1ccccc1)N(c1ccc(-c2ccccc2-n2c3ccccc3c3ccccc32)cc1)c1ccccc1-c1cccc2oc3cc4ccccc4cc3c12. The molecule has 308 valence electrons. The van der Waals surface area contributed by atoms with Crippen LogP contribution in [0.15, 0.2) is 265 Å². The molecule has 0 N–H and O–H groups in total. The van der Waals surface area contributed by atoms with Gasteiger partial charge in [-0.3, -0.25) is 0 Å². The molecule has 2 aromatic heterocycles. The Bertz CT molecular complexity index is 3660. The fourth-order valence-electron chi connectivity index (χ4n) is 9.30. The van der Waals surface area contributed by atoms with E-state index < -0.39 is 0 Å². The van der Waals surface area contributed by atoms with Gasteiger partial charge in [0.1, 0.15) is 11.2 Å². The number of hydrogen-bond donors (Lipinski definition) is 0. The minimum atomic E-state index is 0.779. The fourth-order valence-corrected chi connectivity index (χ4v) is 9.30. The third-order valence-corrected chi connectivity index (χ3v) is 12.4. The lowest BCUT2D eigenvalue weighted by molar-refractivity contribution is 0.669. The highest BCUT2D eigenvalue weighted by Crippen LogP contribution is 2.45. The van der Waals surface area contributed by atoms with Crippen LogP contribution in [0.1, 0.15) is 5.56 Å². The van der Waals surface area contributed by atoms with Crippen molar-refractivity contribution in [2.75, 3.05) is 4.90 Å². The van der Waals surface area contributed by atoms with Gasteiger partial charge in [-0.15, -0.1) is 0 Å². The van der Waals surface area contributed by atoms with E-state index in [1.807, 2.05) is 30.4 Å². The summed E-state index contributed by atoms with van der Waals surface area (Å²) < 4.78 is 8.97. The van der Waals surface area contributed by atoms with Crippen LogP contribution < -0.4 is 4.90 Å². The van der Waals surface area contributed by atoms with Gasteiger partial charge in [0.15, 0.2) is 0 Å². The molecule has 65 heavy (non-hydrogen) atoms. The molecule has 0 aliphatic carbocycles. The lowest BCUT2D eigenvalue weighted by Gasteiger charge is -2.29. The van der Waals surface area contributed by atoms with Crippen molar-refractivity contribution in [1.82, 2.24) is 4.57 Å². The monoisotopic (exact) mass is 832 g/mol. The first kappa shape index (κ1) is 39.2. The Kier molecular flexibility index (Phi) is 9.99. The number of benzene rings is 9. The minimum Gasteiger partial charge on any atom is -0.456 e. The first-order valence-electron chi connectivity index (χ1n) is 21.9. The molecule has 0 aliphatic heterocycles. The lowest BCUT2D eigenvalue weighted by Crippen LogP contribution is -2.16. The van der Waals surface area contributed by atoms with Crippen LogP contribution in [0.4, 0.5) is 11.4 Å². The molecule has 0 radical (unpaired) electrons. The maximum Gasteiger partial charge on any atom is 0.136 e. The largest absolute Gasteiger partial charge is 0.456 e. The fraction of sp³-hybridized carbons (Fsp3) is 0. The summed E-state index contributed by atoms with van der Waals surface area (Å²) in [5.74, 6) is 0. The standard InChI is InChI=1S/C62H44N2O/c1-4-48(39-43(3)42(2)33-34-44-19-6-5-7-20-44)63(57-29-15-13-26-53(57)54-27-18-32-60-62(54)55-40-46-21-8-9-22-47(46)41-61(55)65-60)49-37-35-45(36-38-49)50-23-10-14-28-56(50)64-58-30-16-11-24-51(58)52-25-12-17-31-59(52)64/h4-41H,1-3H2/b34-33-,48-39+. The van der Waals surface area contributed by atoms with Crippen molar-refractivity contribution in [3.63, 3.8) is 0 Å². The Morgan fingerprint density at radius 1 is 0.508 bits per heavy atom. The second kappa shape index (κ2) is 16.6. The van der Waals surface area contributed by atoms with E-state index in [4.69, 9.17) is 4.42 Å². The molecule has 11 rings (SSSR count). The highest BCUT2D eigenvalue weighted by atomic mass is 16.3. The number of anilines is 2. The van der Waals surface area contributed by atoms with E-state index in [-0.39, 0.29) is 0 Å². The molecular formula is C62H44N2O. The van der Waals surface area contributed by atoms with Crippen LogP contribution in [0.2, 0.25) is 0 Å². The molecule has 0 amide bonds. The average molecular weight is 833 g/mol. The van der Waals surface area contributed by atoms with Crippen LogP contribution in [-0.2, 0) is 0 Å². The number of nitrogens with zero attached hydrogens (tertiary/aromatic N) is 2. The molecule has 11 aromatic rings. The van der Waals surface area contributed by atoms with Crippen molar-refractivity contribution in [3.05, 3.63) is 267 Å². The van der Waals surface area contributed by atoms with Gasteiger partial charge in [0, 0.05) is 44.1 Å². The van der Waals surface area contributed by atoms with Crippen molar-refractivity contribution in [1.29, 1.82) is 0 Å². The molecule has 9 aromatic carbocycles. The number of aromatic nitrogens is 1. The van der Waals surface area contributed by atoms with E-state index >= 15 is 0 Å². The molecule has 0 saturated heterocycles. The number of hydrogen-bond acceptors (Lipinski definition) is 2. The summed E-state index contributed by atoms with van der Waals surface area (Å²) in [4.78, 5) is 2.28. The molecule has 0 bridgehead atoms. The maximum absolute atomic E-state index is 6.58. The number of rotatable bonds is 11. The predicted molar refractivity (Wildman–Crippen MR) is 277 cm³/mol. The Balaban J connectivity index is 1.07. The van der Waals surface area contributed by atoms with Gasteiger partial charge in [-0.05, 0) is 105 Å². The molecule has 0 aliphatic rings. The van der Waals surface area contributed by atoms with Gasteiger partial charge in [-0.25, -0.2) is 0 Å². The van der Waals surface area contributed by atoms with Crippen LogP contribution in [0.25, 0.3) is 88.5 Å². The van der Waals surface area contributed by atoms with Crippen LogP contribution in [0.5, 0.6) is 0 Å². The molecular weight excluding hydrogens is 789 g/mol. The topological polar surface area (TPSA) is 21.3 Å². The Morgan fingerprint density at radius 3 is 1.86 bits per heavy atom. The van der Waals surface area contributed by atoms with Crippen molar-refractivity contribution in [2.45, 2.75) is 0 Å². The molecule has 0 unspecified atom stereocenters. The van der Waals surface area contributed by atoms with Gasteiger partial charge in [0.25, 0.3) is 0 Å². The number of fused-ring (bicyclic) bond motifs is 7. The zero-order valence-electron chi connectivity index (χ0n) is 35.9. The van der Waals surface area contributed by atoms with Gasteiger partial charge in [-0.2, -0.15) is 0 Å². The summed E-state index contributed by atoms with van der Waals surface area (Å²) in [7, 11) is 0. The Hall–Kier alpha value is -8.66.